The lowest BCUT2D eigenvalue weighted by atomic mass is 9.66. The molecule has 1 spiro atoms. The Morgan fingerprint density at radius 3 is 2.02 bits per heavy atom. The molecule has 4 rings (SSSR count). The van der Waals surface area contributed by atoms with E-state index < -0.39 is 24.3 Å². The molecule has 2 aliphatic rings. The molecule has 16 heteroatoms. The number of carboxylic acids is 2. The highest BCUT2D eigenvalue weighted by Gasteiger charge is 2.44. The van der Waals surface area contributed by atoms with Crippen molar-refractivity contribution in [1.82, 2.24) is 19.9 Å². The summed E-state index contributed by atoms with van der Waals surface area (Å²) in [5.41, 5.74) is 1.67. The monoisotopic (exact) mass is 582 g/mol. The van der Waals surface area contributed by atoms with Crippen LogP contribution in [0.3, 0.4) is 0 Å². The molecule has 0 radical (unpaired) electrons. The van der Waals surface area contributed by atoms with Crippen molar-refractivity contribution in [3.63, 3.8) is 0 Å². The second kappa shape index (κ2) is 14.7. The highest BCUT2D eigenvalue weighted by atomic mass is 19.4. The van der Waals surface area contributed by atoms with Crippen LogP contribution in [0.5, 0.6) is 5.88 Å². The average molecular weight is 582 g/mol. The summed E-state index contributed by atoms with van der Waals surface area (Å²) < 4.78 is 75.2. The second-order valence-corrected chi connectivity index (χ2v) is 8.98. The number of piperidine rings is 1. The second-order valence-electron chi connectivity index (χ2n) is 8.98. The van der Waals surface area contributed by atoms with Crippen molar-refractivity contribution < 1.29 is 55.6 Å². The van der Waals surface area contributed by atoms with E-state index in [1.54, 1.807) is 18.6 Å². The molecule has 0 aliphatic carbocycles. The van der Waals surface area contributed by atoms with E-state index in [1.807, 2.05) is 12.4 Å². The van der Waals surface area contributed by atoms with Crippen molar-refractivity contribution in [2.75, 3.05) is 32.9 Å². The number of carboxylic acid groups (broad SMARTS) is 2. The number of rotatable bonds is 5. The van der Waals surface area contributed by atoms with Crippen LogP contribution >= 0.6 is 0 Å². The molecule has 2 aromatic heterocycles. The van der Waals surface area contributed by atoms with Crippen LogP contribution in [0.2, 0.25) is 0 Å². The molecule has 40 heavy (non-hydrogen) atoms. The number of hydrogen-bond acceptors (Lipinski definition) is 8. The van der Waals surface area contributed by atoms with Gasteiger partial charge in [-0.3, -0.25) is 14.9 Å². The molecule has 0 aromatic carbocycles. The topological polar surface area (TPSA) is 135 Å². The summed E-state index contributed by atoms with van der Waals surface area (Å²) in [5, 5.41) is 14.2. The molecule has 0 amide bonds. The van der Waals surface area contributed by atoms with Crippen LogP contribution in [0.25, 0.3) is 0 Å². The van der Waals surface area contributed by atoms with Gasteiger partial charge < -0.3 is 19.7 Å². The summed E-state index contributed by atoms with van der Waals surface area (Å²) in [6.07, 6.45) is 2.12. The van der Waals surface area contributed by atoms with Crippen LogP contribution < -0.4 is 4.74 Å². The van der Waals surface area contributed by atoms with E-state index >= 15 is 0 Å². The molecule has 0 bridgehead atoms. The fraction of sp³-hybridized carbons (Fsp3) is 0.542. The summed E-state index contributed by atoms with van der Waals surface area (Å²) in [6, 6.07) is 4.22. The van der Waals surface area contributed by atoms with E-state index in [-0.39, 0.29) is 0 Å². The first kappa shape index (κ1) is 32.7. The fourth-order valence-corrected chi connectivity index (χ4v) is 4.21. The molecule has 1 unspecified atom stereocenters. The van der Waals surface area contributed by atoms with Crippen LogP contribution in [-0.4, -0.2) is 87.3 Å². The number of pyridine rings is 1. The predicted molar refractivity (Wildman–Crippen MR) is 125 cm³/mol. The smallest absolute Gasteiger partial charge is 0.476 e. The van der Waals surface area contributed by atoms with Crippen molar-refractivity contribution in [2.24, 2.45) is 11.3 Å². The first-order chi connectivity index (χ1) is 18.7. The Bertz CT molecular complexity index is 1030. The lowest BCUT2D eigenvalue weighted by molar-refractivity contribution is -0.193. The summed E-state index contributed by atoms with van der Waals surface area (Å²) in [5.74, 6) is -4.50. The van der Waals surface area contributed by atoms with E-state index in [2.05, 4.69) is 32.0 Å². The largest absolute Gasteiger partial charge is 0.490 e. The van der Waals surface area contributed by atoms with Gasteiger partial charge in [0.05, 0.1) is 19.4 Å². The van der Waals surface area contributed by atoms with Crippen molar-refractivity contribution >= 4 is 11.9 Å². The number of halogens is 6. The maximum absolute atomic E-state index is 10.6. The molecule has 2 aliphatic heterocycles. The van der Waals surface area contributed by atoms with Gasteiger partial charge in [-0.05, 0) is 55.5 Å². The molecule has 2 aromatic rings. The zero-order chi connectivity index (χ0) is 29.8. The number of ether oxygens (including phenoxy) is 2. The first-order valence-corrected chi connectivity index (χ1v) is 11.9. The van der Waals surface area contributed by atoms with E-state index in [9.17, 15) is 26.3 Å². The lowest BCUT2D eigenvalue weighted by Crippen LogP contribution is -2.49. The maximum atomic E-state index is 10.6. The van der Waals surface area contributed by atoms with Crippen molar-refractivity contribution in [1.29, 1.82) is 0 Å². The van der Waals surface area contributed by atoms with Crippen LogP contribution in [0.15, 0.2) is 43.1 Å². The minimum absolute atomic E-state index is 0.329. The van der Waals surface area contributed by atoms with E-state index in [0.29, 0.717) is 23.8 Å². The number of aromatic nitrogens is 3. The van der Waals surface area contributed by atoms with Crippen LogP contribution in [0.4, 0.5) is 26.3 Å². The van der Waals surface area contributed by atoms with Crippen molar-refractivity contribution in [3.8, 4) is 5.88 Å². The Kier molecular flexibility index (Phi) is 12.0. The Labute approximate surface area is 225 Å². The van der Waals surface area contributed by atoms with Crippen LogP contribution in [-0.2, 0) is 20.9 Å². The van der Waals surface area contributed by atoms with E-state index in [1.165, 1.54) is 18.4 Å². The summed E-state index contributed by atoms with van der Waals surface area (Å²) >= 11 is 0. The highest BCUT2D eigenvalue weighted by molar-refractivity contribution is 5.73. The average Bonchev–Trinajstić information content (AvgIpc) is 2.90. The Morgan fingerprint density at radius 2 is 1.52 bits per heavy atom. The molecule has 2 N–H and O–H groups in total. The maximum Gasteiger partial charge on any atom is 0.490 e. The van der Waals surface area contributed by atoms with E-state index in [4.69, 9.17) is 29.3 Å². The molecule has 2 saturated heterocycles. The molecule has 4 heterocycles. The standard InChI is InChI=1S/C20H26N4O2.2C2HF3O2/c1-6-21-7-2-17(1)14-24-10-3-20(4-11-24)5-12-25-15-18(20)16-26-19-13-22-8-9-23-19;2*3-2(4,5)1(6)7/h1-2,6-9,13,18H,3-5,10-12,14-16H2;2*(H,6,7). The van der Waals surface area contributed by atoms with Gasteiger partial charge in [-0.15, -0.1) is 0 Å². The third-order valence-electron chi connectivity index (χ3n) is 6.39. The molecule has 0 saturated carbocycles. The Hall–Kier alpha value is -3.53. The number of hydrogen-bond donors (Lipinski definition) is 2. The lowest BCUT2D eigenvalue weighted by Gasteiger charge is -2.48. The fourth-order valence-electron chi connectivity index (χ4n) is 4.21. The number of alkyl halides is 6. The number of likely N-dealkylation sites (tertiary alicyclic amines) is 1. The molecular formula is C24H28F6N4O6. The number of aliphatic carboxylic acids is 2. The minimum atomic E-state index is -5.08. The zero-order valence-electron chi connectivity index (χ0n) is 21.1. The Morgan fingerprint density at radius 1 is 0.950 bits per heavy atom. The van der Waals surface area contributed by atoms with Gasteiger partial charge in [-0.25, -0.2) is 14.6 Å². The van der Waals surface area contributed by atoms with Gasteiger partial charge in [0.2, 0.25) is 5.88 Å². The molecule has 10 nitrogen and oxygen atoms in total. The van der Waals surface area contributed by atoms with Gasteiger partial charge in [0.15, 0.2) is 0 Å². The van der Waals surface area contributed by atoms with Gasteiger partial charge in [-0.1, -0.05) is 0 Å². The van der Waals surface area contributed by atoms with E-state index in [0.717, 1.165) is 39.3 Å². The third-order valence-corrected chi connectivity index (χ3v) is 6.39. The molecule has 1 atom stereocenters. The van der Waals surface area contributed by atoms with Crippen molar-refractivity contribution in [3.05, 3.63) is 48.7 Å². The molecular weight excluding hydrogens is 554 g/mol. The normalized spacial score (nSPS) is 18.9. The van der Waals surface area contributed by atoms with Gasteiger partial charge in [0, 0.05) is 43.9 Å². The molecule has 2 fully saturated rings. The van der Waals surface area contributed by atoms with Gasteiger partial charge >= 0.3 is 24.3 Å². The highest BCUT2D eigenvalue weighted by Crippen LogP contribution is 2.45. The van der Waals surface area contributed by atoms with Gasteiger partial charge in [0.25, 0.3) is 0 Å². The zero-order valence-corrected chi connectivity index (χ0v) is 21.1. The minimum Gasteiger partial charge on any atom is -0.476 e. The summed E-state index contributed by atoms with van der Waals surface area (Å²) in [7, 11) is 0. The van der Waals surface area contributed by atoms with Gasteiger partial charge in [-0.2, -0.15) is 26.3 Å². The van der Waals surface area contributed by atoms with Crippen LogP contribution in [0.1, 0.15) is 24.8 Å². The van der Waals surface area contributed by atoms with Gasteiger partial charge in [0.1, 0.15) is 0 Å². The van der Waals surface area contributed by atoms with Crippen molar-refractivity contribution in [2.45, 2.75) is 38.2 Å². The SMILES string of the molecule is O=C(O)C(F)(F)F.O=C(O)C(F)(F)F.c1cc(CN2CCC3(CCOCC3COc3cnccn3)CC2)ccn1. The number of nitrogens with zero attached hydrogens (tertiary/aromatic N) is 4. The molecule has 222 valence electrons. The van der Waals surface area contributed by atoms with Crippen LogP contribution in [0, 0.1) is 11.3 Å². The third kappa shape index (κ3) is 10.9. The first-order valence-electron chi connectivity index (χ1n) is 11.9. The summed E-state index contributed by atoms with van der Waals surface area (Å²) in [4.78, 5) is 32.7. The summed E-state index contributed by atoms with van der Waals surface area (Å²) in [6.45, 7) is 5.57. The number of carbonyl (C=O) groups is 2. The Balaban J connectivity index is 0.000000333. The quantitative estimate of drug-likeness (QED) is 0.501. The predicted octanol–water partition coefficient (Wildman–Crippen LogP) is 3.84.